The zero-order valence-electron chi connectivity index (χ0n) is 8.02. The fourth-order valence-electron chi connectivity index (χ4n) is 2.78. The second-order valence-corrected chi connectivity index (χ2v) is 4.21. The molecular weight excluding hydrogens is 204 g/mol. The highest BCUT2D eigenvalue weighted by molar-refractivity contribution is 5.85. The van der Waals surface area contributed by atoms with Crippen LogP contribution in [-0.2, 0) is 4.74 Å². The summed E-state index contributed by atoms with van der Waals surface area (Å²) in [6.07, 6.45) is 3.55. The minimum Gasteiger partial charge on any atom is -0.446 e. The van der Waals surface area contributed by atoms with Crippen LogP contribution in [0.4, 0.5) is 4.79 Å². The van der Waals surface area contributed by atoms with Crippen molar-refractivity contribution in [2.45, 2.75) is 37.8 Å². The van der Waals surface area contributed by atoms with Gasteiger partial charge in [0, 0.05) is 6.04 Å². The van der Waals surface area contributed by atoms with Gasteiger partial charge in [0.2, 0.25) is 0 Å². The van der Waals surface area contributed by atoms with E-state index in [2.05, 4.69) is 0 Å². The Labute approximate surface area is 89.8 Å². The molecule has 0 heterocycles. The van der Waals surface area contributed by atoms with Crippen molar-refractivity contribution >= 4 is 18.5 Å². The summed E-state index contributed by atoms with van der Waals surface area (Å²) in [5.41, 5.74) is 11.0. The predicted molar refractivity (Wildman–Crippen MR) is 55.1 cm³/mol. The topological polar surface area (TPSA) is 78.3 Å². The Morgan fingerprint density at radius 1 is 1.21 bits per heavy atom. The lowest BCUT2D eigenvalue weighted by molar-refractivity contribution is 0.0557. The zero-order chi connectivity index (χ0) is 9.42. The molecule has 2 bridgehead atoms. The summed E-state index contributed by atoms with van der Waals surface area (Å²) in [5.74, 6) is 1.09. The third-order valence-electron chi connectivity index (χ3n) is 3.41. The minimum atomic E-state index is -0.653. The molecule has 5 heteroatoms. The van der Waals surface area contributed by atoms with Crippen molar-refractivity contribution in [3.05, 3.63) is 0 Å². The van der Waals surface area contributed by atoms with Crippen LogP contribution in [0.5, 0.6) is 0 Å². The molecule has 0 spiro atoms. The summed E-state index contributed by atoms with van der Waals surface area (Å²) in [6.45, 7) is 0. The molecule has 4 nitrogen and oxygen atoms in total. The van der Waals surface area contributed by atoms with Gasteiger partial charge in [0.05, 0.1) is 0 Å². The van der Waals surface area contributed by atoms with Gasteiger partial charge < -0.3 is 16.2 Å². The molecule has 2 saturated carbocycles. The molecule has 2 aliphatic rings. The van der Waals surface area contributed by atoms with E-state index in [-0.39, 0.29) is 18.5 Å². The van der Waals surface area contributed by atoms with Gasteiger partial charge in [-0.3, -0.25) is 0 Å². The van der Waals surface area contributed by atoms with Crippen LogP contribution in [0.25, 0.3) is 0 Å². The van der Waals surface area contributed by atoms with Gasteiger partial charge in [-0.1, -0.05) is 0 Å². The van der Waals surface area contributed by atoms with Gasteiger partial charge in [-0.25, -0.2) is 4.79 Å². The summed E-state index contributed by atoms with van der Waals surface area (Å²) in [5, 5.41) is 0. The molecule has 0 radical (unpaired) electrons. The molecule has 0 aromatic carbocycles. The monoisotopic (exact) mass is 220 g/mol. The fraction of sp³-hybridized carbons (Fsp3) is 0.889. The number of amides is 1. The molecule has 0 aliphatic heterocycles. The Hall–Kier alpha value is -0.480. The number of nitrogens with two attached hydrogens (primary N) is 2. The van der Waals surface area contributed by atoms with Crippen molar-refractivity contribution in [1.82, 2.24) is 0 Å². The number of rotatable bonds is 1. The van der Waals surface area contributed by atoms with Crippen LogP contribution < -0.4 is 11.5 Å². The van der Waals surface area contributed by atoms with Crippen molar-refractivity contribution in [3.63, 3.8) is 0 Å². The van der Waals surface area contributed by atoms with Gasteiger partial charge in [0.15, 0.2) is 0 Å². The maximum absolute atomic E-state index is 10.6. The molecule has 0 aromatic heterocycles. The maximum Gasteiger partial charge on any atom is 0.404 e. The molecule has 4 N–H and O–H groups in total. The van der Waals surface area contributed by atoms with Gasteiger partial charge in [0.1, 0.15) is 6.10 Å². The lowest BCUT2D eigenvalue weighted by atomic mass is 9.83. The summed E-state index contributed by atoms with van der Waals surface area (Å²) < 4.78 is 5.00. The lowest BCUT2D eigenvalue weighted by Gasteiger charge is -2.32. The van der Waals surface area contributed by atoms with Crippen molar-refractivity contribution in [1.29, 1.82) is 0 Å². The quantitative estimate of drug-likeness (QED) is 0.693. The van der Waals surface area contributed by atoms with Gasteiger partial charge in [0.25, 0.3) is 0 Å². The van der Waals surface area contributed by atoms with E-state index in [1.165, 1.54) is 12.8 Å². The number of hydrogen-bond acceptors (Lipinski definition) is 3. The first-order valence-corrected chi connectivity index (χ1v) is 4.88. The second kappa shape index (κ2) is 4.36. The first-order valence-electron chi connectivity index (χ1n) is 4.88. The minimum absolute atomic E-state index is 0. The Balaban J connectivity index is 0.000000980. The first-order chi connectivity index (χ1) is 6.16. The molecule has 4 atom stereocenters. The van der Waals surface area contributed by atoms with Crippen LogP contribution >= 0.6 is 12.4 Å². The Kier molecular flexibility index (Phi) is 3.61. The van der Waals surface area contributed by atoms with Crippen LogP contribution in [0.2, 0.25) is 0 Å². The molecule has 82 valence electrons. The largest absolute Gasteiger partial charge is 0.446 e. The van der Waals surface area contributed by atoms with Crippen LogP contribution in [0.15, 0.2) is 0 Å². The summed E-state index contributed by atoms with van der Waals surface area (Å²) in [7, 11) is 0. The number of hydrogen-bond donors (Lipinski definition) is 2. The van der Waals surface area contributed by atoms with Crippen molar-refractivity contribution in [2.24, 2.45) is 23.3 Å². The standard InChI is InChI=1S/C9H16N2O2.ClH/c10-8-5-1-2-6(8)4-7(3-5)13-9(11)12;/h5-8H,1-4,10H2,(H2,11,12);1H/t5-,6+,7?,8?;. The SMILES string of the molecule is Cl.NC(=O)OC1C[C@H]2CC[C@@H](C1)C2N. The molecule has 0 saturated heterocycles. The van der Waals surface area contributed by atoms with Gasteiger partial charge in [-0.15, -0.1) is 12.4 Å². The highest BCUT2D eigenvalue weighted by Crippen LogP contribution is 2.42. The highest BCUT2D eigenvalue weighted by Gasteiger charge is 2.41. The van der Waals surface area contributed by atoms with E-state index in [4.69, 9.17) is 16.2 Å². The number of fused-ring (bicyclic) bond motifs is 2. The smallest absolute Gasteiger partial charge is 0.404 e. The molecule has 0 aromatic rings. The summed E-state index contributed by atoms with van der Waals surface area (Å²) in [4.78, 5) is 10.6. The van der Waals surface area contributed by atoms with Crippen LogP contribution in [-0.4, -0.2) is 18.2 Å². The lowest BCUT2D eigenvalue weighted by Crippen LogP contribution is -2.41. The van der Waals surface area contributed by atoms with Crippen molar-refractivity contribution in [3.8, 4) is 0 Å². The summed E-state index contributed by atoms with van der Waals surface area (Å²) >= 11 is 0. The number of carbonyl (C=O) groups is 1. The zero-order valence-corrected chi connectivity index (χ0v) is 8.83. The number of ether oxygens (including phenoxy) is 1. The Morgan fingerprint density at radius 3 is 2.14 bits per heavy atom. The average Bonchev–Trinajstić information content (AvgIpc) is 2.33. The molecule has 1 amide bonds. The number of carbonyl (C=O) groups excluding carboxylic acids is 1. The normalized spacial score (nSPS) is 40.1. The van der Waals surface area contributed by atoms with Crippen LogP contribution in [0, 0.1) is 11.8 Å². The van der Waals surface area contributed by atoms with E-state index in [1.54, 1.807) is 0 Å². The Bertz CT molecular complexity index is 211. The highest BCUT2D eigenvalue weighted by atomic mass is 35.5. The number of halogens is 1. The Morgan fingerprint density at radius 2 is 1.71 bits per heavy atom. The van der Waals surface area contributed by atoms with Gasteiger partial charge in [-0.05, 0) is 37.5 Å². The van der Waals surface area contributed by atoms with E-state index >= 15 is 0 Å². The molecule has 2 rings (SSSR count). The third-order valence-corrected chi connectivity index (χ3v) is 3.41. The molecule has 2 unspecified atom stereocenters. The molecule has 14 heavy (non-hydrogen) atoms. The van der Waals surface area contributed by atoms with E-state index in [0.29, 0.717) is 17.9 Å². The molecule has 2 fully saturated rings. The van der Waals surface area contributed by atoms with E-state index in [9.17, 15) is 4.79 Å². The summed E-state index contributed by atoms with van der Waals surface area (Å²) in [6, 6.07) is 0.327. The van der Waals surface area contributed by atoms with Crippen LogP contribution in [0.3, 0.4) is 0 Å². The van der Waals surface area contributed by atoms with E-state index < -0.39 is 6.09 Å². The van der Waals surface area contributed by atoms with Gasteiger partial charge in [-0.2, -0.15) is 0 Å². The van der Waals surface area contributed by atoms with E-state index in [1.807, 2.05) is 0 Å². The average molecular weight is 221 g/mol. The van der Waals surface area contributed by atoms with Crippen LogP contribution in [0.1, 0.15) is 25.7 Å². The number of primary amides is 1. The fourth-order valence-corrected chi connectivity index (χ4v) is 2.78. The van der Waals surface area contributed by atoms with Crippen molar-refractivity contribution in [2.75, 3.05) is 0 Å². The maximum atomic E-state index is 10.6. The van der Waals surface area contributed by atoms with E-state index in [0.717, 1.165) is 12.8 Å². The van der Waals surface area contributed by atoms with Gasteiger partial charge >= 0.3 is 6.09 Å². The molecular formula is C9H17ClN2O2. The predicted octanol–water partition coefficient (Wildman–Crippen LogP) is 1.02. The second-order valence-electron chi connectivity index (χ2n) is 4.21. The molecule has 2 aliphatic carbocycles. The van der Waals surface area contributed by atoms with Crippen molar-refractivity contribution < 1.29 is 9.53 Å². The first kappa shape index (κ1) is 11.6. The third kappa shape index (κ3) is 2.12.